The van der Waals surface area contributed by atoms with Gasteiger partial charge in [-0.05, 0) is 148 Å². The molecule has 4 N–H and O–H groups in total. The number of aliphatic hydroxyl groups is 1. The number of aromatic nitrogens is 2. The number of amides is 4. The lowest BCUT2D eigenvalue weighted by Gasteiger charge is -2.35. The summed E-state index contributed by atoms with van der Waals surface area (Å²) in [6.45, 7) is 13.2. The lowest BCUT2D eigenvalue weighted by Crippen LogP contribution is -2.59. The smallest absolute Gasteiger partial charge is 0.258 e. The summed E-state index contributed by atoms with van der Waals surface area (Å²) >= 11 is 1.52. The van der Waals surface area contributed by atoms with E-state index in [1.807, 2.05) is 68.6 Å². The molecule has 0 spiro atoms. The molecule has 2 aliphatic heterocycles. The first-order valence-corrected chi connectivity index (χ1v) is 28.6. The van der Waals surface area contributed by atoms with Gasteiger partial charge in [-0.1, -0.05) is 39.8 Å². The maximum absolute atomic E-state index is 14.7. The molecule has 9 rings (SSSR count). The van der Waals surface area contributed by atoms with Crippen LogP contribution in [0.2, 0.25) is 0 Å². The molecule has 4 fully saturated rings. The fourth-order valence-electron chi connectivity index (χ4n) is 11.2. The van der Waals surface area contributed by atoms with Crippen LogP contribution in [0.4, 0.5) is 14.5 Å². The molecule has 4 aliphatic rings. The minimum Gasteiger partial charge on any atom is -0.491 e. The second-order valence-electron chi connectivity index (χ2n) is 22.9. The predicted molar refractivity (Wildman–Crippen MR) is 296 cm³/mol. The number of benzene rings is 3. The summed E-state index contributed by atoms with van der Waals surface area (Å²) in [4.78, 5) is 67.4. The van der Waals surface area contributed by atoms with Crippen molar-refractivity contribution in [2.45, 2.75) is 141 Å². The number of anilines is 1. The summed E-state index contributed by atoms with van der Waals surface area (Å²) in [5, 5.41) is 20.2. The molecule has 4 atom stereocenters. The number of alkyl halides is 1. The van der Waals surface area contributed by atoms with E-state index < -0.39 is 47.0 Å². The molecular formula is C60H75F2N7O8S. The molecule has 18 heteroatoms. The van der Waals surface area contributed by atoms with E-state index in [1.54, 1.807) is 38.4 Å². The average Bonchev–Trinajstić information content (AvgIpc) is 3.89. The van der Waals surface area contributed by atoms with Gasteiger partial charge in [0.15, 0.2) is 5.67 Å². The lowest BCUT2D eigenvalue weighted by molar-refractivity contribution is -0.145. The van der Waals surface area contributed by atoms with E-state index in [0.717, 1.165) is 109 Å². The summed E-state index contributed by atoms with van der Waals surface area (Å²) < 4.78 is 47.5. The molecule has 78 heavy (non-hydrogen) atoms. The van der Waals surface area contributed by atoms with Gasteiger partial charge in [0.25, 0.3) is 5.91 Å². The van der Waals surface area contributed by atoms with Crippen LogP contribution in [0.15, 0.2) is 78.4 Å². The van der Waals surface area contributed by atoms with E-state index >= 15 is 0 Å². The van der Waals surface area contributed by atoms with E-state index in [0.29, 0.717) is 30.4 Å². The maximum atomic E-state index is 14.7. The van der Waals surface area contributed by atoms with Crippen LogP contribution < -0.4 is 25.4 Å². The van der Waals surface area contributed by atoms with Crippen LogP contribution in [-0.2, 0) is 30.5 Å². The predicted octanol–water partition coefficient (Wildman–Crippen LogP) is 9.29. The molecule has 418 valence electrons. The standard InChI is InChI=1S/C60H75F2N7O8S/c1-37(39-7-9-40(10-8-39)48-19-24-63-50-18-13-43(61)32-49(48)50)55(71)66-44-14-16-46(17-15-44)77-47-20-26-68(27-21-47)25-6-28-75-29-30-76-52-31-41(53-38(2)65-36-78-53)11-12-42(52)34-64-56(72)51-33-45(70)35-69(51)57(73)54(59(3,4)5)67-58(74)60(62)22-23-60/h11-19,24,31-32,36-37,39-40,45,47,51,54,70H,6-10,20-23,25-30,33-35H2,1-5H3,(H,64,72)(H,66,71)(H,67,74)/t37-,39?,40?,45-,51+,54-/m1/s1. The molecule has 0 bridgehead atoms. The Labute approximate surface area is 460 Å². The fourth-order valence-corrected chi connectivity index (χ4v) is 12.0. The molecule has 3 aromatic carbocycles. The summed E-state index contributed by atoms with van der Waals surface area (Å²) in [5.41, 5.74) is 4.27. The lowest BCUT2D eigenvalue weighted by atomic mass is 9.73. The quantitative estimate of drug-likeness (QED) is 0.0514. The Morgan fingerprint density at radius 2 is 1.68 bits per heavy atom. The van der Waals surface area contributed by atoms with Gasteiger partial charge < -0.3 is 45.1 Å². The topological polar surface area (TPSA) is 185 Å². The van der Waals surface area contributed by atoms with E-state index in [-0.39, 0.29) is 68.6 Å². The first-order valence-electron chi connectivity index (χ1n) is 27.8. The second-order valence-corrected chi connectivity index (χ2v) is 23.7. The van der Waals surface area contributed by atoms with Crippen LogP contribution in [0, 0.1) is 30.0 Å². The Balaban J connectivity index is 0.678. The van der Waals surface area contributed by atoms with Gasteiger partial charge in [0.1, 0.15) is 42.1 Å². The Kier molecular flexibility index (Phi) is 18.1. The number of aliphatic hydroxyl groups excluding tert-OH is 1. The highest BCUT2D eigenvalue weighted by molar-refractivity contribution is 7.13. The van der Waals surface area contributed by atoms with Crippen LogP contribution in [0.25, 0.3) is 21.3 Å². The van der Waals surface area contributed by atoms with Crippen molar-refractivity contribution in [3.63, 3.8) is 0 Å². The summed E-state index contributed by atoms with van der Waals surface area (Å²) in [5.74, 6) is -0.242. The third kappa shape index (κ3) is 14.0. The monoisotopic (exact) mass is 1090 g/mol. The summed E-state index contributed by atoms with van der Waals surface area (Å²) in [6.07, 6.45) is 7.65. The number of carbonyl (C=O) groups excluding carboxylic acids is 4. The number of carbonyl (C=O) groups is 4. The number of piperidine rings is 1. The zero-order valence-electron chi connectivity index (χ0n) is 45.5. The number of fused-ring (bicyclic) bond motifs is 1. The molecule has 5 aromatic rings. The molecule has 2 aliphatic carbocycles. The van der Waals surface area contributed by atoms with Crippen molar-refractivity contribution in [2.75, 3.05) is 51.3 Å². The number of nitrogens with zero attached hydrogens (tertiary/aromatic N) is 4. The Hall–Kier alpha value is -6.08. The van der Waals surface area contributed by atoms with Crippen LogP contribution in [0.1, 0.15) is 115 Å². The minimum absolute atomic E-state index is 0.0193. The number of nitrogens with one attached hydrogen (secondary N) is 3. The van der Waals surface area contributed by atoms with Crippen LogP contribution in [0.5, 0.6) is 11.5 Å². The molecule has 0 unspecified atom stereocenters. The number of pyridine rings is 1. The second kappa shape index (κ2) is 24.9. The summed E-state index contributed by atoms with van der Waals surface area (Å²) in [7, 11) is 0. The maximum Gasteiger partial charge on any atom is 0.258 e. The molecule has 4 heterocycles. The van der Waals surface area contributed by atoms with Crippen molar-refractivity contribution in [2.24, 2.45) is 17.3 Å². The Morgan fingerprint density at radius 1 is 0.923 bits per heavy atom. The number of halogens is 2. The van der Waals surface area contributed by atoms with Gasteiger partial charge in [-0.25, -0.2) is 13.8 Å². The molecular weight excluding hydrogens is 1020 g/mol. The van der Waals surface area contributed by atoms with Crippen molar-refractivity contribution in [1.29, 1.82) is 0 Å². The van der Waals surface area contributed by atoms with Gasteiger partial charge in [0.2, 0.25) is 17.7 Å². The van der Waals surface area contributed by atoms with Gasteiger partial charge >= 0.3 is 0 Å². The molecule has 2 saturated heterocycles. The highest BCUT2D eigenvalue weighted by Crippen LogP contribution is 2.42. The van der Waals surface area contributed by atoms with Crippen LogP contribution >= 0.6 is 11.3 Å². The van der Waals surface area contributed by atoms with Crippen LogP contribution in [-0.4, -0.2) is 124 Å². The zero-order chi connectivity index (χ0) is 55.1. The van der Waals surface area contributed by atoms with Crippen LogP contribution in [0.3, 0.4) is 0 Å². The van der Waals surface area contributed by atoms with Crippen molar-refractivity contribution >= 4 is 51.6 Å². The Bertz CT molecular complexity index is 2900. The molecule has 0 radical (unpaired) electrons. The molecule has 4 amide bonds. The number of β-amino-alcohol motifs (C(OH)–C–C–N with tert-alkyl or cyclic N) is 1. The number of hydrogen-bond acceptors (Lipinski definition) is 12. The number of hydrogen-bond donors (Lipinski definition) is 4. The average molecular weight is 1090 g/mol. The number of rotatable bonds is 21. The third-order valence-electron chi connectivity index (χ3n) is 16.2. The largest absolute Gasteiger partial charge is 0.491 e. The molecule has 2 saturated carbocycles. The number of ether oxygens (including phenoxy) is 3. The molecule has 15 nitrogen and oxygen atoms in total. The van der Waals surface area contributed by atoms with Gasteiger partial charge in [-0.2, -0.15) is 0 Å². The minimum atomic E-state index is -1.97. The normalized spacial score (nSPS) is 21.4. The number of aryl methyl sites for hydroxylation is 1. The first kappa shape index (κ1) is 56.6. The van der Waals surface area contributed by atoms with Gasteiger partial charge in [0, 0.05) is 74.5 Å². The van der Waals surface area contributed by atoms with E-state index in [9.17, 15) is 33.1 Å². The van der Waals surface area contributed by atoms with E-state index in [2.05, 4.69) is 30.8 Å². The third-order valence-corrected chi connectivity index (χ3v) is 17.1. The van der Waals surface area contributed by atoms with Crippen molar-refractivity contribution in [3.8, 4) is 21.9 Å². The number of likely N-dealkylation sites (tertiary alicyclic amines) is 2. The van der Waals surface area contributed by atoms with Gasteiger partial charge in [-0.15, -0.1) is 11.3 Å². The van der Waals surface area contributed by atoms with E-state index in [4.69, 9.17) is 14.2 Å². The Morgan fingerprint density at radius 3 is 2.38 bits per heavy atom. The van der Waals surface area contributed by atoms with Crippen molar-refractivity contribution < 1.29 is 47.3 Å². The fraction of sp³-hybridized carbons (Fsp3) is 0.533. The zero-order valence-corrected chi connectivity index (χ0v) is 46.3. The highest BCUT2D eigenvalue weighted by atomic mass is 32.1. The summed E-state index contributed by atoms with van der Waals surface area (Å²) in [6, 6.07) is 18.2. The SMILES string of the molecule is Cc1ncsc1-c1ccc(CNC(=O)[C@@H]2C[C@@H](O)CN2C(=O)[C@@H](NC(=O)C2(F)CC2)C(C)(C)C)c(OCCOCCCN2CCC(Oc3ccc(NC(=O)[C@H](C)C4CCC(c5ccnc6ccc(F)cc56)CC4)cc3)CC2)c1. The van der Waals surface area contributed by atoms with Gasteiger partial charge in [0.05, 0.1) is 34.3 Å². The van der Waals surface area contributed by atoms with Crippen molar-refractivity contribution in [1.82, 2.24) is 30.4 Å². The highest BCUT2D eigenvalue weighted by Gasteiger charge is 2.53. The first-order chi connectivity index (χ1) is 37.4. The number of thiazole rings is 1. The van der Waals surface area contributed by atoms with Gasteiger partial charge in [-0.3, -0.25) is 24.2 Å². The van der Waals surface area contributed by atoms with Crippen molar-refractivity contribution in [3.05, 3.63) is 101 Å². The van der Waals surface area contributed by atoms with E-state index in [1.165, 1.54) is 22.3 Å². The molecule has 2 aromatic heterocycles.